The van der Waals surface area contributed by atoms with Crippen molar-refractivity contribution in [2.24, 2.45) is 0 Å². The van der Waals surface area contributed by atoms with Gasteiger partial charge >= 0.3 is 0 Å². The van der Waals surface area contributed by atoms with Gasteiger partial charge in [-0.3, -0.25) is 0 Å². The van der Waals surface area contributed by atoms with Crippen LogP contribution in [0, 0.1) is 0 Å². The average molecular weight is 306 g/mol. The fourth-order valence-corrected chi connectivity index (χ4v) is 3.45. The van der Waals surface area contributed by atoms with Crippen LogP contribution in [-0.2, 0) is 6.42 Å². The van der Waals surface area contributed by atoms with Crippen molar-refractivity contribution in [3.05, 3.63) is 69.2 Å². The lowest BCUT2D eigenvalue weighted by molar-refractivity contribution is 0.420. The van der Waals surface area contributed by atoms with Crippen molar-refractivity contribution < 1.29 is 0 Å². The number of halogens is 2. The Labute approximate surface area is 129 Å². The van der Waals surface area contributed by atoms with Crippen LogP contribution in [0.3, 0.4) is 0 Å². The molecule has 0 bridgehead atoms. The van der Waals surface area contributed by atoms with Gasteiger partial charge in [0.25, 0.3) is 0 Å². The first-order valence-corrected chi connectivity index (χ1v) is 7.72. The second-order valence-electron chi connectivity index (χ2n) is 5.21. The normalized spacial score (nSPS) is 18.2. The number of hydrogen-bond acceptors (Lipinski definition) is 1. The molecule has 0 aliphatic heterocycles. The summed E-state index contributed by atoms with van der Waals surface area (Å²) in [7, 11) is 0. The molecule has 1 aliphatic carbocycles. The topological polar surface area (TPSA) is 12.0 Å². The molecule has 3 heteroatoms. The molecule has 3 rings (SSSR count). The molecule has 20 heavy (non-hydrogen) atoms. The molecular weight excluding hydrogens is 289 g/mol. The maximum absolute atomic E-state index is 6.38. The van der Waals surface area contributed by atoms with Crippen LogP contribution in [0.1, 0.15) is 35.6 Å². The van der Waals surface area contributed by atoms with Gasteiger partial charge < -0.3 is 5.32 Å². The maximum Gasteiger partial charge on any atom is 0.0455 e. The number of benzene rings is 2. The summed E-state index contributed by atoms with van der Waals surface area (Å²) in [5.74, 6) is 0.474. The van der Waals surface area contributed by atoms with Crippen molar-refractivity contribution in [3.63, 3.8) is 0 Å². The van der Waals surface area contributed by atoms with Gasteiger partial charge in [-0.15, -0.1) is 0 Å². The van der Waals surface area contributed by atoms with E-state index in [0.29, 0.717) is 5.92 Å². The Morgan fingerprint density at radius 3 is 2.75 bits per heavy atom. The molecule has 0 heterocycles. The summed E-state index contributed by atoms with van der Waals surface area (Å²) in [6, 6.07) is 14.6. The summed E-state index contributed by atoms with van der Waals surface area (Å²) in [6.07, 6.45) is 1.09. The van der Waals surface area contributed by atoms with Crippen LogP contribution in [0.4, 0.5) is 0 Å². The third-order valence-corrected chi connectivity index (χ3v) is 4.59. The van der Waals surface area contributed by atoms with Crippen molar-refractivity contribution in [2.75, 3.05) is 6.54 Å². The molecule has 0 saturated heterocycles. The fourth-order valence-electron chi connectivity index (χ4n) is 3.04. The monoisotopic (exact) mass is 305 g/mol. The van der Waals surface area contributed by atoms with E-state index in [2.05, 4.69) is 36.5 Å². The molecule has 1 nitrogen and oxygen atoms in total. The molecule has 0 saturated carbocycles. The van der Waals surface area contributed by atoms with Gasteiger partial charge in [-0.1, -0.05) is 54.4 Å². The molecule has 0 amide bonds. The lowest BCUT2D eigenvalue weighted by atomic mass is 9.71. The van der Waals surface area contributed by atoms with E-state index in [4.69, 9.17) is 23.2 Å². The Bertz CT molecular complexity index is 624. The Kier molecular flexibility index (Phi) is 4.02. The third kappa shape index (κ3) is 2.46. The van der Waals surface area contributed by atoms with E-state index in [9.17, 15) is 0 Å². The zero-order valence-electron chi connectivity index (χ0n) is 11.4. The lowest BCUT2D eigenvalue weighted by Crippen LogP contribution is -2.33. The molecule has 0 fully saturated rings. The van der Waals surface area contributed by atoms with Gasteiger partial charge in [-0.05, 0) is 47.9 Å². The summed E-state index contributed by atoms with van der Waals surface area (Å²) in [4.78, 5) is 0. The van der Waals surface area contributed by atoms with Gasteiger partial charge in [-0.2, -0.15) is 0 Å². The van der Waals surface area contributed by atoms with Crippen LogP contribution in [0.5, 0.6) is 0 Å². The second-order valence-corrected chi connectivity index (χ2v) is 6.05. The Morgan fingerprint density at radius 1 is 1.20 bits per heavy atom. The molecule has 2 unspecified atom stereocenters. The highest BCUT2D eigenvalue weighted by Gasteiger charge is 2.34. The van der Waals surface area contributed by atoms with Crippen LogP contribution in [-0.4, -0.2) is 6.54 Å². The predicted molar refractivity (Wildman–Crippen MR) is 85.8 cm³/mol. The minimum atomic E-state index is 0.223. The van der Waals surface area contributed by atoms with E-state index < -0.39 is 0 Å². The molecule has 1 aliphatic rings. The molecule has 2 atom stereocenters. The van der Waals surface area contributed by atoms with E-state index in [1.165, 1.54) is 11.1 Å². The van der Waals surface area contributed by atoms with Gasteiger partial charge in [0.2, 0.25) is 0 Å². The quantitative estimate of drug-likeness (QED) is 0.839. The SMILES string of the molecule is CCNC(c1cc(Cl)ccc1Cl)C1Cc2ccccc21. The smallest absolute Gasteiger partial charge is 0.0455 e. The first-order chi connectivity index (χ1) is 9.70. The van der Waals surface area contributed by atoms with E-state index in [1.807, 2.05) is 18.2 Å². The molecule has 0 aromatic heterocycles. The zero-order valence-corrected chi connectivity index (χ0v) is 12.9. The van der Waals surface area contributed by atoms with Crippen molar-refractivity contribution in [1.82, 2.24) is 5.32 Å². The molecular formula is C17H17Cl2N. The summed E-state index contributed by atoms with van der Waals surface area (Å²) in [5, 5.41) is 5.08. The van der Waals surface area contributed by atoms with Gasteiger partial charge in [0.15, 0.2) is 0 Å². The number of likely N-dealkylation sites (N-methyl/N-ethyl adjacent to an activating group) is 1. The standard InChI is InChI=1S/C17H17Cl2N/c1-2-20-17(15-10-12(18)7-8-16(15)19)14-9-11-5-3-4-6-13(11)14/h3-8,10,14,17,20H,2,9H2,1H3. The van der Waals surface area contributed by atoms with E-state index in [1.54, 1.807) is 0 Å². The first kappa shape index (κ1) is 13.9. The van der Waals surface area contributed by atoms with Crippen LogP contribution >= 0.6 is 23.2 Å². The van der Waals surface area contributed by atoms with E-state index >= 15 is 0 Å². The number of hydrogen-bond donors (Lipinski definition) is 1. The average Bonchev–Trinajstić information content (AvgIpc) is 2.42. The first-order valence-electron chi connectivity index (χ1n) is 6.97. The third-order valence-electron chi connectivity index (χ3n) is 4.01. The number of fused-ring (bicyclic) bond motifs is 1. The van der Waals surface area contributed by atoms with Crippen molar-refractivity contribution >= 4 is 23.2 Å². The summed E-state index contributed by atoms with van der Waals surface area (Å²) in [5.41, 5.74) is 3.97. The highest BCUT2D eigenvalue weighted by molar-refractivity contribution is 6.33. The van der Waals surface area contributed by atoms with Gasteiger partial charge in [0, 0.05) is 22.0 Å². The molecule has 2 aromatic rings. The fraction of sp³-hybridized carbons (Fsp3) is 0.294. The van der Waals surface area contributed by atoms with Crippen LogP contribution in [0.2, 0.25) is 10.0 Å². The zero-order chi connectivity index (χ0) is 14.1. The van der Waals surface area contributed by atoms with Gasteiger partial charge in [0.1, 0.15) is 0 Å². The largest absolute Gasteiger partial charge is 0.310 e. The lowest BCUT2D eigenvalue weighted by Gasteiger charge is -2.37. The Morgan fingerprint density at radius 2 is 2.00 bits per heavy atom. The molecule has 104 valence electrons. The van der Waals surface area contributed by atoms with Crippen LogP contribution in [0.15, 0.2) is 42.5 Å². The Balaban J connectivity index is 1.97. The number of nitrogens with one attached hydrogen (secondary N) is 1. The van der Waals surface area contributed by atoms with Gasteiger partial charge in [-0.25, -0.2) is 0 Å². The minimum Gasteiger partial charge on any atom is -0.310 e. The molecule has 2 aromatic carbocycles. The van der Waals surface area contributed by atoms with Crippen molar-refractivity contribution in [3.8, 4) is 0 Å². The van der Waals surface area contributed by atoms with Gasteiger partial charge in [0.05, 0.1) is 0 Å². The second kappa shape index (κ2) is 5.77. The molecule has 1 N–H and O–H groups in total. The molecule has 0 radical (unpaired) electrons. The molecule has 0 spiro atoms. The van der Waals surface area contributed by atoms with Crippen LogP contribution in [0.25, 0.3) is 0 Å². The number of rotatable bonds is 4. The Hall–Kier alpha value is -1.02. The van der Waals surface area contributed by atoms with E-state index in [-0.39, 0.29) is 6.04 Å². The van der Waals surface area contributed by atoms with Crippen molar-refractivity contribution in [1.29, 1.82) is 0 Å². The maximum atomic E-state index is 6.38. The van der Waals surface area contributed by atoms with Crippen molar-refractivity contribution in [2.45, 2.75) is 25.3 Å². The predicted octanol–water partition coefficient (Wildman–Crippen LogP) is 4.98. The summed E-state index contributed by atoms with van der Waals surface area (Å²) >= 11 is 12.5. The highest BCUT2D eigenvalue weighted by atomic mass is 35.5. The summed E-state index contributed by atoms with van der Waals surface area (Å²) < 4.78 is 0. The summed E-state index contributed by atoms with van der Waals surface area (Å²) in [6.45, 7) is 3.03. The highest BCUT2D eigenvalue weighted by Crippen LogP contribution is 2.45. The van der Waals surface area contributed by atoms with Crippen LogP contribution < -0.4 is 5.32 Å². The minimum absolute atomic E-state index is 0.223. The van der Waals surface area contributed by atoms with E-state index in [0.717, 1.165) is 28.6 Å².